The molecule has 5 heterocycles. The third-order valence-electron chi connectivity index (χ3n) is 8.44. The highest BCUT2D eigenvalue weighted by Gasteiger charge is 2.60. The minimum absolute atomic E-state index is 0.113. The van der Waals surface area contributed by atoms with Gasteiger partial charge >= 0.3 is 5.97 Å². The topological polar surface area (TPSA) is 53.7 Å². The number of aromatic nitrogens is 1. The molecule has 4 aliphatic rings. The van der Waals surface area contributed by atoms with E-state index in [0.717, 1.165) is 36.4 Å². The molecule has 5 nitrogen and oxygen atoms in total. The summed E-state index contributed by atoms with van der Waals surface area (Å²) in [6.07, 6.45) is -2.08. The summed E-state index contributed by atoms with van der Waals surface area (Å²) in [5, 5.41) is 11.6. The number of halogens is 2. The van der Waals surface area contributed by atoms with Gasteiger partial charge in [-0.2, -0.15) is 4.57 Å². The summed E-state index contributed by atoms with van der Waals surface area (Å²) < 4.78 is 42.6. The van der Waals surface area contributed by atoms with Crippen LogP contribution in [0.25, 0.3) is 21.4 Å². The third kappa shape index (κ3) is 3.55. The van der Waals surface area contributed by atoms with Crippen molar-refractivity contribution in [1.29, 1.82) is 0 Å². The lowest BCUT2D eigenvalue weighted by Gasteiger charge is -2.48. The van der Waals surface area contributed by atoms with Crippen molar-refractivity contribution in [3.8, 4) is 0 Å². The van der Waals surface area contributed by atoms with Crippen molar-refractivity contribution in [2.75, 3.05) is 11.4 Å². The molecule has 41 heavy (non-hydrogen) atoms. The first kappa shape index (κ1) is 25.2. The maximum Gasteiger partial charge on any atom is 0.335 e. The van der Waals surface area contributed by atoms with Gasteiger partial charge in [-0.25, -0.2) is 13.6 Å². The number of alkyl halides is 2. The van der Waals surface area contributed by atoms with Gasteiger partial charge in [0.25, 0.3) is 10.9 Å². The average Bonchev–Trinajstić information content (AvgIpc) is 3.50. The molecule has 9 heteroatoms. The molecule has 4 aromatic rings. The first-order valence-electron chi connectivity index (χ1n) is 13.5. The number of rotatable bonds is 2. The minimum atomic E-state index is -3.18. The van der Waals surface area contributed by atoms with Crippen LogP contribution in [0.3, 0.4) is 0 Å². The van der Waals surface area contributed by atoms with Gasteiger partial charge in [0.2, 0.25) is 5.52 Å². The van der Waals surface area contributed by atoms with Crippen molar-refractivity contribution < 1.29 is 28.0 Å². The van der Waals surface area contributed by atoms with E-state index in [4.69, 9.17) is 4.74 Å². The van der Waals surface area contributed by atoms with Gasteiger partial charge in [-0.1, -0.05) is 73.3 Å². The van der Waals surface area contributed by atoms with Gasteiger partial charge in [0, 0.05) is 22.1 Å². The van der Waals surface area contributed by atoms with E-state index in [-0.39, 0.29) is 5.56 Å². The Bertz CT molecular complexity index is 1880. The van der Waals surface area contributed by atoms with E-state index >= 15 is 8.78 Å². The van der Waals surface area contributed by atoms with Crippen molar-refractivity contribution in [2.45, 2.75) is 43.4 Å². The Hall–Kier alpha value is -3.53. The predicted octanol–water partition coefficient (Wildman–Crippen LogP) is 7.08. The van der Waals surface area contributed by atoms with Crippen LogP contribution in [0.15, 0.2) is 88.3 Å². The molecule has 0 bridgehead atoms. The molecule has 0 radical (unpaired) electrons. The first-order valence-corrected chi connectivity index (χ1v) is 15.1. The van der Waals surface area contributed by atoms with Crippen molar-refractivity contribution in [3.63, 3.8) is 0 Å². The first-order chi connectivity index (χ1) is 19.6. The van der Waals surface area contributed by atoms with Crippen molar-refractivity contribution in [3.05, 3.63) is 99.5 Å². The molecule has 0 saturated carbocycles. The lowest BCUT2D eigenvalue weighted by Crippen LogP contribution is -2.60. The van der Waals surface area contributed by atoms with Crippen LogP contribution < -0.4 is 9.47 Å². The van der Waals surface area contributed by atoms with Gasteiger partial charge in [0.05, 0.1) is 33.8 Å². The number of hydrogen-bond acceptors (Lipinski definition) is 5. The zero-order valence-electron chi connectivity index (χ0n) is 22.2. The fourth-order valence-corrected chi connectivity index (χ4v) is 9.15. The van der Waals surface area contributed by atoms with Gasteiger partial charge in [0.15, 0.2) is 12.6 Å². The number of carboxylic acid groups (broad SMARTS) is 1. The molecular weight excluding hydrogens is 562 g/mol. The van der Waals surface area contributed by atoms with Crippen LogP contribution in [0.1, 0.15) is 34.8 Å². The molecule has 0 fully saturated rings. The highest BCUT2D eigenvalue weighted by atomic mass is 32.2. The number of hydrogen-bond donors (Lipinski definition) is 1. The van der Waals surface area contributed by atoms with E-state index in [0.29, 0.717) is 23.3 Å². The van der Waals surface area contributed by atoms with Crippen LogP contribution in [0, 0.1) is 5.41 Å². The lowest BCUT2D eigenvalue weighted by molar-refractivity contribution is -0.688. The van der Waals surface area contributed by atoms with E-state index in [1.165, 1.54) is 17.8 Å². The average molecular weight is 588 g/mol. The Labute approximate surface area is 243 Å². The maximum atomic E-state index is 16.3. The molecule has 2 atom stereocenters. The molecule has 0 aliphatic carbocycles. The number of fused-ring (bicyclic) bond motifs is 9. The Morgan fingerprint density at radius 3 is 2.63 bits per heavy atom. The Morgan fingerprint density at radius 2 is 1.80 bits per heavy atom. The van der Waals surface area contributed by atoms with Crippen LogP contribution in [-0.2, 0) is 11.3 Å². The monoisotopic (exact) mass is 587 g/mol. The number of thioether (sulfide) groups is 1. The fourth-order valence-electron chi connectivity index (χ4n) is 6.69. The number of carbonyl (C=O) groups is 1. The largest absolute Gasteiger partial charge is 0.478 e. The number of carboxylic acids is 1. The fraction of sp³-hybridized carbons (Fsp3) is 0.250. The molecule has 2 unspecified atom stereocenters. The Balaban J connectivity index is 1.51. The number of benzene rings is 3. The van der Waals surface area contributed by atoms with Crippen LogP contribution in [0.5, 0.6) is 0 Å². The second kappa shape index (κ2) is 8.50. The van der Waals surface area contributed by atoms with E-state index in [1.807, 2.05) is 42.5 Å². The SMILES string of the molecule is CC1(C)C[n+]2c(sc3ccccc32)C2=C(c3cccc(C(=O)O)c3)C3=C4Sc5ccccc5N4CC(F)(F)C3OC21. The minimum Gasteiger partial charge on any atom is -0.478 e. The number of ether oxygens (including phenoxy) is 1. The van der Waals surface area contributed by atoms with Gasteiger partial charge in [0.1, 0.15) is 10.8 Å². The zero-order chi connectivity index (χ0) is 28.3. The summed E-state index contributed by atoms with van der Waals surface area (Å²) >= 11 is 3.10. The molecule has 3 aromatic carbocycles. The van der Waals surface area contributed by atoms with E-state index in [9.17, 15) is 9.90 Å². The zero-order valence-corrected chi connectivity index (χ0v) is 23.9. The standard InChI is InChI=1S/C32H24F2N2O3S2/c1-31(2)15-35-19-10-3-5-12-21(19)40-28(35)24-23(17-8-7-9-18(14-17)30(37)38)25-27(39-26(24)31)32(33,34)16-36-20-11-4-6-13-22(20)41-29(25)36/h3-14,26-27H,15-16H2,1-2H3/p+1. The second-order valence-electron chi connectivity index (χ2n) is 11.7. The molecule has 1 aromatic heterocycles. The summed E-state index contributed by atoms with van der Waals surface area (Å²) in [7, 11) is 0. The van der Waals surface area contributed by atoms with Crippen LogP contribution >= 0.6 is 23.1 Å². The van der Waals surface area contributed by atoms with E-state index < -0.39 is 36.1 Å². The number of aromatic carboxylic acids is 1. The van der Waals surface area contributed by atoms with Crippen LogP contribution in [0.4, 0.5) is 14.5 Å². The predicted molar refractivity (Wildman–Crippen MR) is 156 cm³/mol. The van der Waals surface area contributed by atoms with Crippen molar-refractivity contribution >= 4 is 56.1 Å². The number of para-hydroxylation sites is 2. The van der Waals surface area contributed by atoms with Crippen LogP contribution in [0.2, 0.25) is 0 Å². The third-order valence-corrected chi connectivity index (χ3v) is 10.8. The molecule has 0 spiro atoms. The van der Waals surface area contributed by atoms with Gasteiger partial charge in [-0.15, -0.1) is 0 Å². The van der Waals surface area contributed by atoms with Gasteiger partial charge < -0.3 is 14.7 Å². The number of anilines is 1. The maximum absolute atomic E-state index is 16.3. The molecular formula is C32H25F2N2O3S2+. The second-order valence-corrected chi connectivity index (χ2v) is 13.7. The smallest absolute Gasteiger partial charge is 0.335 e. The van der Waals surface area contributed by atoms with Gasteiger partial charge in [-0.3, -0.25) is 0 Å². The Kier molecular flexibility index (Phi) is 5.22. The summed E-state index contributed by atoms with van der Waals surface area (Å²) in [5.41, 5.74) is 3.98. The Morgan fingerprint density at radius 1 is 1.02 bits per heavy atom. The number of thiazole rings is 1. The summed E-state index contributed by atoms with van der Waals surface area (Å²) in [4.78, 5) is 14.7. The normalized spacial score (nSPS) is 23.6. The molecule has 8 rings (SSSR count). The molecule has 0 saturated heterocycles. The van der Waals surface area contributed by atoms with Crippen molar-refractivity contribution in [2.24, 2.45) is 5.41 Å². The summed E-state index contributed by atoms with van der Waals surface area (Å²) in [5.74, 6) is -4.24. The van der Waals surface area contributed by atoms with E-state index in [2.05, 4.69) is 30.5 Å². The summed E-state index contributed by atoms with van der Waals surface area (Å²) in [6.45, 7) is 4.27. The highest BCUT2D eigenvalue weighted by molar-refractivity contribution is 8.03. The number of nitrogens with zero attached hydrogens (tertiary/aromatic N) is 2. The quantitative estimate of drug-likeness (QED) is 0.254. The molecule has 0 amide bonds. The summed E-state index contributed by atoms with van der Waals surface area (Å²) in [6, 6.07) is 22.5. The van der Waals surface area contributed by atoms with Gasteiger partial charge in [-0.05, 0) is 35.9 Å². The molecule has 4 aliphatic heterocycles. The highest BCUT2D eigenvalue weighted by Crippen LogP contribution is 2.60. The van der Waals surface area contributed by atoms with E-state index in [1.54, 1.807) is 28.4 Å². The van der Waals surface area contributed by atoms with Crippen LogP contribution in [-0.4, -0.2) is 35.8 Å². The molecule has 206 valence electrons. The van der Waals surface area contributed by atoms with Crippen molar-refractivity contribution in [1.82, 2.24) is 0 Å². The lowest BCUT2D eigenvalue weighted by atomic mass is 9.72. The molecule has 1 N–H and O–H groups in total.